The van der Waals surface area contributed by atoms with Gasteiger partial charge in [0.05, 0.1) is 0 Å². The van der Waals surface area contributed by atoms with Gasteiger partial charge in [0.1, 0.15) is 13.2 Å². The summed E-state index contributed by atoms with van der Waals surface area (Å²) in [5.41, 5.74) is 0. The molecule has 0 radical (unpaired) electrons. The number of carbonyl (C=O) groups is 3. The van der Waals surface area contributed by atoms with E-state index < -0.39 is 6.10 Å². The third-order valence-corrected chi connectivity index (χ3v) is 12.8. The molecule has 1 atom stereocenters. The Morgan fingerprint density at radius 3 is 0.875 bits per heavy atom. The molecule has 72 heavy (non-hydrogen) atoms. The summed E-state index contributed by atoms with van der Waals surface area (Å²) >= 11 is 0. The molecule has 0 amide bonds. The maximum absolute atomic E-state index is 12.8. The van der Waals surface area contributed by atoms with Crippen molar-refractivity contribution in [2.24, 2.45) is 0 Å². The predicted octanol–water partition coefficient (Wildman–Crippen LogP) is 20.5. The first-order valence-corrected chi connectivity index (χ1v) is 30.2. The first kappa shape index (κ1) is 68.3. The number of hydrogen-bond acceptors (Lipinski definition) is 6. The van der Waals surface area contributed by atoms with E-state index in [1.165, 1.54) is 122 Å². The molecule has 0 aromatic carbocycles. The van der Waals surface area contributed by atoms with Gasteiger partial charge in [-0.3, -0.25) is 14.4 Å². The molecule has 0 saturated carbocycles. The maximum Gasteiger partial charge on any atom is 0.306 e. The van der Waals surface area contributed by atoms with Gasteiger partial charge in [0, 0.05) is 19.3 Å². The van der Waals surface area contributed by atoms with Crippen LogP contribution in [0.5, 0.6) is 0 Å². The molecule has 0 fully saturated rings. The molecule has 0 aromatic rings. The van der Waals surface area contributed by atoms with Crippen LogP contribution in [0.1, 0.15) is 284 Å². The van der Waals surface area contributed by atoms with Gasteiger partial charge < -0.3 is 14.2 Å². The van der Waals surface area contributed by atoms with E-state index in [-0.39, 0.29) is 31.1 Å². The maximum atomic E-state index is 12.8. The van der Waals surface area contributed by atoms with Gasteiger partial charge >= 0.3 is 17.9 Å². The van der Waals surface area contributed by atoms with Gasteiger partial charge in [-0.2, -0.15) is 0 Å². The van der Waals surface area contributed by atoms with E-state index in [1.807, 2.05) is 0 Å². The van der Waals surface area contributed by atoms with Gasteiger partial charge in [-0.25, -0.2) is 0 Å². The Balaban J connectivity index is 4.23. The van der Waals surface area contributed by atoms with Crippen molar-refractivity contribution in [2.45, 2.75) is 290 Å². The molecule has 6 heteroatoms. The Morgan fingerprint density at radius 2 is 0.542 bits per heavy atom. The Labute approximate surface area is 445 Å². The highest BCUT2D eigenvalue weighted by atomic mass is 16.6. The van der Waals surface area contributed by atoms with Crippen LogP contribution in [0.3, 0.4) is 0 Å². The lowest BCUT2D eigenvalue weighted by Crippen LogP contribution is -2.30. The number of unbranched alkanes of at least 4 members (excludes halogenated alkanes) is 27. The highest BCUT2D eigenvalue weighted by Gasteiger charge is 2.19. The second-order valence-electron chi connectivity index (χ2n) is 19.9. The van der Waals surface area contributed by atoms with Crippen LogP contribution in [0.15, 0.2) is 97.2 Å². The smallest absolute Gasteiger partial charge is 0.306 e. The SMILES string of the molecule is CC/C=C\C/C=C\C/C=C\C/C=C\C/C=C\C/C=C\CCCCCCCCCCCCC(=O)OCC(COC(=O)CCCCCCCCCCCC)OC(=O)CCCCCCC/C=C\C/C=C\CCCCC. The molecular weight excluding hydrogens is 889 g/mol. The number of carbonyl (C=O) groups excluding carboxylic acids is 3. The van der Waals surface area contributed by atoms with E-state index in [0.29, 0.717) is 19.3 Å². The van der Waals surface area contributed by atoms with Crippen molar-refractivity contribution < 1.29 is 28.6 Å². The molecule has 0 N–H and O–H groups in total. The van der Waals surface area contributed by atoms with E-state index in [0.717, 1.165) is 122 Å². The number of rotatable bonds is 54. The average molecular weight is 1000 g/mol. The van der Waals surface area contributed by atoms with Crippen molar-refractivity contribution in [1.82, 2.24) is 0 Å². The molecule has 0 saturated heterocycles. The van der Waals surface area contributed by atoms with E-state index in [4.69, 9.17) is 14.2 Å². The van der Waals surface area contributed by atoms with Crippen molar-refractivity contribution in [1.29, 1.82) is 0 Å². The average Bonchev–Trinajstić information content (AvgIpc) is 3.38. The van der Waals surface area contributed by atoms with Crippen molar-refractivity contribution >= 4 is 17.9 Å². The second kappa shape index (κ2) is 59.9. The molecule has 6 nitrogen and oxygen atoms in total. The third-order valence-electron chi connectivity index (χ3n) is 12.8. The molecule has 0 bridgehead atoms. The predicted molar refractivity (Wildman–Crippen MR) is 311 cm³/mol. The van der Waals surface area contributed by atoms with Gasteiger partial charge in [0.25, 0.3) is 0 Å². The molecule has 0 spiro atoms. The van der Waals surface area contributed by atoms with Crippen molar-refractivity contribution in [3.05, 3.63) is 97.2 Å². The number of esters is 3. The second-order valence-corrected chi connectivity index (χ2v) is 19.9. The Hall–Kier alpha value is -3.67. The molecule has 0 aliphatic rings. The topological polar surface area (TPSA) is 78.9 Å². The van der Waals surface area contributed by atoms with Gasteiger partial charge in [0.2, 0.25) is 0 Å². The highest BCUT2D eigenvalue weighted by molar-refractivity contribution is 5.71. The van der Waals surface area contributed by atoms with Crippen LogP contribution in [-0.2, 0) is 28.6 Å². The fourth-order valence-electron chi connectivity index (χ4n) is 8.30. The summed E-state index contributed by atoms with van der Waals surface area (Å²) in [6, 6.07) is 0. The summed E-state index contributed by atoms with van der Waals surface area (Å²) in [6.45, 7) is 6.48. The van der Waals surface area contributed by atoms with E-state index in [9.17, 15) is 14.4 Å². The molecule has 0 rings (SSSR count). The van der Waals surface area contributed by atoms with Crippen LogP contribution in [0.25, 0.3) is 0 Å². The first-order valence-electron chi connectivity index (χ1n) is 30.2. The van der Waals surface area contributed by atoms with Crippen LogP contribution >= 0.6 is 0 Å². The first-order chi connectivity index (χ1) is 35.5. The molecular formula is C66H112O6. The lowest BCUT2D eigenvalue weighted by molar-refractivity contribution is -0.167. The van der Waals surface area contributed by atoms with Crippen molar-refractivity contribution in [2.75, 3.05) is 13.2 Å². The van der Waals surface area contributed by atoms with Gasteiger partial charge in [-0.1, -0.05) is 259 Å². The zero-order valence-corrected chi connectivity index (χ0v) is 47.2. The summed E-state index contributed by atoms with van der Waals surface area (Å²) in [5.74, 6) is -0.897. The van der Waals surface area contributed by atoms with E-state index >= 15 is 0 Å². The summed E-state index contributed by atoms with van der Waals surface area (Å²) in [5, 5.41) is 0. The Bertz CT molecular complexity index is 1430. The minimum atomic E-state index is -0.784. The fraction of sp³-hybridized carbons (Fsp3) is 0.712. The molecule has 0 heterocycles. The standard InChI is InChI=1S/C66H112O6/c1-4-7-10-13-16-19-22-24-26-27-28-29-30-31-32-33-34-35-36-37-38-39-41-42-44-47-50-53-56-59-65(68)71-62-63(61-70-64(67)58-55-52-49-46-21-18-15-12-9-6-3)72-66(69)60-57-54-51-48-45-43-40-25-23-20-17-14-11-8-5-2/h7,10,16-17,19-20,24-26,28-29,31-32,34-35,40,63H,4-6,8-9,11-15,18,21-23,27,30,33,36-39,41-62H2,1-3H3/b10-7-,19-16-,20-17-,26-24-,29-28-,32-31-,35-34-,40-25-. The zero-order chi connectivity index (χ0) is 52.2. The number of ether oxygens (including phenoxy) is 3. The van der Waals surface area contributed by atoms with E-state index in [1.54, 1.807) is 0 Å². The monoisotopic (exact) mass is 1000 g/mol. The van der Waals surface area contributed by atoms with Crippen molar-refractivity contribution in [3.63, 3.8) is 0 Å². The van der Waals surface area contributed by atoms with Gasteiger partial charge in [-0.05, 0) is 103 Å². The number of hydrogen-bond donors (Lipinski definition) is 0. The van der Waals surface area contributed by atoms with Crippen LogP contribution in [-0.4, -0.2) is 37.2 Å². The minimum absolute atomic E-state index is 0.0821. The largest absolute Gasteiger partial charge is 0.462 e. The number of allylic oxidation sites excluding steroid dienone is 16. The molecule has 0 aromatic heterocycles. The molecule has 1 unspecified atom stereocenters. The van der Waals surface area contributed by atoms with Crippen LogP contribution < -0.4 is 0 Å². The summed E-state index contributed by atoms with van der Waals surface area (Å²) in [7, 11) is 0. The Kier molecular flexibility index (Phi) is 56.8. The van der Waals surface area contributed by atoms with Crippen LogP contribution in [0.4, 0.5) is 0 Å². The fourth-order valence-corrected chi connectivity index (χ4v) is 8.30. The normalized spacial score (nSPS) is 12.8. The molecule has 0 aliphatic heterocycles. The third kappa shape index (κ3) is 57.2. The van der Waals surface area contributed by atoms with E-state index in [2.05, 4.69) is 118 Å². The molecule has 0 aliphatic carbocycles. The zero-order valence-electron chi connectivity index (χ0n) is 47.2. The minimum Gasteiger partial charge on any atom is -0.462 e. The van der Waals surface area contributed by atoms with Crippen LogP contribution in [0.2, 0.25) is 0 Å². The lowest BCUT2D eigenvalue weighted by Gasteiger charge is -2.18. The summed E-state index contributed by atoms with van der Waals surface area (Å²) in [4.78, 5) is 38.1. The van der Waals surface area contributed by atoms with Crippen LogP contribution in [0, 0.1) is 0 Å². The quantitative estimate of drug-likeness (QED) is 0.0261. The summed E-state index contributed by atoms with van der Waals surface area (Å²) in [6.07, 6.45) is 79.8. The molecule has 412 valence electrons. The van der Waals surface area contributed by atoms with Crippen molar-refractivity contribution in [3.8, 4) is 0 Å². The van der Waals surface area contributed by atoms with Gasteiger partial charge in [-0.15, -0.1) is 0 Å². The summed E-state index contributed by atoms with van der Waals surface area (Å²) < 4.78 is 16.8. The Morgan fingerprint density at radius 1 is 0.292 bits per heavy atom. The highest BCUT2D eigenvalue weighted by Crippen LogP contribution is 2.15. The van der Waals surface area contributed by atoms with Gasteiger partial charge in [0.15, 0.2) is 6.10 Å². The lowest BCUT2D eigenvalue weighted by atomic mass is 10.1.